The number of amides is 1. The molecule has 0 aliphatic rings. The molecule has 1 heterocycles. The van der Waals surface area contributed by atoms with Gasteiger partial charge in [-0.15, -0.1) is 0 Å². The van der Waals surface area contributed by atoms with Crippen LogP contribution >= 0.6 is 11.8 Å². The molecule has 0 radical (unpaired) electrons. The van der Waals surface area contributed by atoms with E-state index in [4.69, 9.17) is 4.74 Å². The summed E-state index contributed by atoms with van der Waals surface area (Å²) in [7, 11) is 5.63. The van der Waals surface area contributed by atoms with Crippen LogP contribution in [0.1, 0.15) is 6.92 Å². The first-order valence-electron chi connectivity index (χ1n) is 9.41. The fourth-order valence-electron chi connectivity index (χ4n) is 2.94. The van der Waals surface area contributed by atoms with Gasteiger partial charge in [0.25, 0.3) is 0 Å². The van der Waals surface area contributed by atoms with Crippen molar-refractivity contribution in [1.29, 1.82) is 0 Å². The van der Waals surface area contributed by atoms with Crippen molar-refractivity contribution in [2.24, 2.45) is 0 Å². The quantitative estimate of drug-likeness (QED) is 0.559. The highest BCUT2D eigenvalue weighted by atomic mass is 32.2. The van der Waals surface area contributed by atoms with E-state index in [1.165, 1.54) is 11.8 Å². The molecule has 0 saturated heterocycles. The van der Waals surface area contributed by atoms with Crippen LogP contribution in [0.4, 0.5) is 11.4 Å². The Labute approximate surface area is 175 Å². The lowest BCUT2D eigenvalue weighted by molar-refractivity contribution is -0.113. The van der Waals surface area contributed by atoms with Crippen molar-refractivity contribution in [3.05, 3.63) is 54.7 Å². The number of carbonyl (C=O) groups excluding carboxylic acids is 1. The highest BCUT2D eigenvalue weighted by molar-refractivity contribution is 7.99. The molecule has 6 nitrogen and oxygen atoms in total. The van der Waals surface area contributed by atoms with Crippen LogP contribution in [0.15, 0.2) is 59.9 Å². The molecule has 0 aliphatic heterocycles. The summed E-state index contributed by atoms with van der Waals surface area (Å²) in [4.78, 5) is 18.9. The van der Waals surface area contributed by atoms with E-state index in [2.05, 4.69) is 21.8 Å². The van der Waals surface area contributed by atoms with Gasteiger partial charge in [0.15, 0.2) is 5.16 Å². The number of nitrogens with zero attached hydrogens (tertiary/aromatic N) is 3. The summed E-state index contributed by atoms with van der Waals surface area (Å²) in [6.07, 6.45) is 1.85. The lowest BCUT2D eigenvalue weighted by Crippen LogP contribution is -2.15. The number of hydrogen-bond acceptors (Lipinski definition) is 5. The molecule has 0 fully saturated rings. The molecule has 7 heteroatoms. The summed E-state index contributed by atoms with van der Waals surface area (Å²) < 4.78 is 7.34. The molecule has 3 aromatic rings. The van der Waals surface area contributed by atoms with E-state index in [0.717, 1.165) is 40.1 Å². The lowest BCUT2D eigenvalue weighted by atomic mass is 10.1. The van der Waals surface area contributed by atoms with Crippen molar-refractivity contribution in [3.63, 3.8) is 0 Å². The predicted octanol–water partition coefficient (Wildman–Crippen LogP) is 4.38. The molecule has 152 valence electrons. The van der Waals surface area contributed by atoms with Gasteiger partial charge >= 0.3 is 0 Å². The standard InChI is InChI=1S/C22H26N4O2S/c1-5-26-20(16-6-12-19(28-4)13-7-16)14-23-22(26)29-15-21(27)24-17-8-10-18(11-9-17)25(2)3/h6-14H,5,15H2,1-4H3,(H,24,27). The molecule has 3 rings (SSSR count). The number of benzene rings is 2. The average molecular weight is 411 g/mol. The fraction of sp³-hybridized carbons (Fsp3) is 0.273. The Bertz CT molecular complexity index is 950. The number of ether oxygens (including phenoxy) is 1. The maximum Gasteiger partial charge on any atom is 0.234 e. The van der Waals surface area contributed by atoms with E-state index in [9.17, 15) is 4.79 Å². The van der Waals surface area contributed by atoms with Gasteiger partial charge in [-0.25, -0.2) is 4.98 Å². The second-order valence-corrected chi connectivity index (χ2v) is 7.62. The van der Waals surface area contributed by atoms with Gasteiger partial charge in [0.2, 0.25) is 5.91 Å². The van der Waals surface area contributed by atoms with E-state index in [-0.39, 0.29) is 5.91 Å². The zero-order valence-corrected chi connectivity index (χ0v) is 18.0. The molecule has 1 aromatic heterocycles. The third-order valence-corrected chi connectivity index (χ3v) is 5.51. The fourth-order valence-corrected chi connectivity index (χ4v) is 3.78. The molecule has 2 aromatic carbocycles. The highest BCUT2D eigenvalue weighted by Gasteiger charge is 2.13. The average Bonchev–Trinajstić information content (AvgIpc) is 3.15. The van der Waals surface area contributed by atoms with Crippen molar-refractivity contribution in [2.75, 3.05) is 37.2 Å². The Hall–Kier alpha value is -2.93. The van der Waals surface area contributed by atoms with Crippen molar-refractivity contribution in [2.45, 2.75) is 18.6 Å². The Morgan fingerprint density at radius 3 is 2.41 bits per heavy atom. The summed E-state index contributed by atoms with van der Waals surface area (Å²) in [5, 5.41) is 3.77. The lowest BCUT2D eigenvalue weighted by Gasteiger charge is -2.13. The number of rotatable bonds is 8. The maximum absolute atomic E-state index is 12.4. The van der Waals surface area contributed by atoms with Crippen LogP contribution in [0.25, 0.3) is 11.3 Å². The van der Waals surface area contributed by atoms with Gasteiger partial charge in [-0.2, -0.15) is 0 Å². The van der Waals surface area contributed by atoms with Crippen LogP contribution in [-0.2, 0) is 11.3 Å². The third kappa shape index (κ3) is 5.12. The van der Waals surface area contributed by atoms with Crippen LogP contribution in [0.3, 0.4) is 0 Å². The van der Waals surface area contributed by atoms with Crippen molar-refractivity contribution >= 4 is 29.0 Å². The summed E-state index contributed by atoms with van der Waals surface area (Å²) in [5.41, 5.74) is 3.97. The summed E-state index contributed by atoms with van der Waals surface area (Å²) in [5.74, 6) is 1.07. The first-order valence-corrected chi connectivity index (χ1v) is 10.4. The van der Waals surface area contributed by atoms with E-state index in [1.54, 1.807) is 7.11 Å². The maximum atomic E-state index is 12.4. The van der Waals surface area contributed by atoms with Crippen molar-refractivity contribution in [3.8, 4) is 17.0 Å². The van der Waals surface area contributed by atoms with Crippen LogP contribution in [0, 0.1) is 0 Å². The highest BCUT2D eigenvalue weighted by Crippen LogP contribution is 2.27. The third-order valence-electron chi connectivity index (χ3n) is 4.52. The largest absolute Gasteiger partial charge is 0.497 e. The van der Waals surface area contributed by atoms with Gasteiger partial charge in [0.1, 0.15) is 5.75 Å². The van der Waals surface area contributed by atoms with Crippen LogP contribution < -0.4 is 15.0 Å². The number of nitrogens with one attached hydrogen (secondary N) is 1. The van der Waals surface area contributed by atoms with Gasteiger partial charge in [0.05, 0.1) is 24.8 Å². The Morgan fingerprint density at radius 1 is 1.14 bits per heavy atom. The van der Waals surface area contributed by atoms with Gasteiger partial charge in [-0.1, -0.05) is 11.8 Å². The molecule has 0 bridgehead atoms. The van der Waals surface area contributed by atoms with Gasteiger partial charge in [-0.3, -0.25) is 4.79 Å². The zero-order chi connectivity index (χ0) is 20.8. The van der Waals surface area contributed by atoms with Crippen molar-refractivity contribution < 1.29 is 9.53 Å². The zero-order valence-electron chi connectivity index (χ0n) is 17.2. The van der Waals surface area contributed by atoms with Gasteiger partial charge in [0, 0.05) is 37.6 Å². The van der Waals surface area contributed by atoms with E-state index in [0.29, 0.717) is 5.75 Å². The number of imidazole rings is 1. The topological polar surface area (TPSA) is 59.4 Å². The molecule has 0 atom stereocenters. The smallest absolute Gasteiger partial charge is 0.234 e. The minimum absolute atomic E-state index is 0.0516. The number of thioether (sulfide) groups is 1. The van der Waals surface area contributed by atoms with Crippen LogP contribution in [-0.4, -0.2) is 42.4 Å². The normalized spacial score (nSPS) is 10.6. The molecule has 29 heavy (non-hydrogen) atoms. The van der Waals surface area contributed by atoms with E-state index < -0.39 is 0 Å². The molecule has 1 amide bonds. The van der Waals surface area contributed by atoms with Crippen LogP contribution in [0.5, 0.6) is 5.75 Å². The number of aromatic nitrogens is 2. The summed E-state index contributed by atoms with van der Waals surface area (Å²) in [6, 6.07) is 15.7. The first-order chi connectivity index (χ1) is 14.0. The molecule has 0 aliphatic carbocycles. The molecule has 0 spiro atoms. The molecular formula is C22H26N4O2S. The number of hydrogen-bond donors (Lipinski definition) is 1. The van der Waals surface area contributed by atoms with Gasteiger partial charge < -0.3 is 19.5 Å². The summed E-state index contributed by atoms with van der Waals surface area (Å²) >= 11 is 1.44. The minimum atomic E-state index is -0.0516. The Balaban J connectivity index is 1.64. The van der Waals surface area contributed by atoms with Crippen LogP contribution in [0.2, 0.25) is 0 Å². The Morgan fingerprint density at radius 2 is 1.83 bits per heavy atom. The second kappa shape index (κ2) is 9.52. The number of methoxy groups -OCH3 is 1. The monoisotopic (exact) mass is 410 g/mol. The molecular weight excluding hydrogens is 384 g/mol. The second-order valence-electron chi connectivity index (χ2n) is 6.68. The predicted molar refractivity (Wildman–Crippen MR) is 120 cm³/mol. The minimum Gasteiger partial charge on any atom is -0.497 e. The summed E-state index contributed by atoms with van der Waals surface area (Å²) in [6.45, 7) is 2.85. The SMILES string of the molecule is CCn1c(-c2ccc(OC)cc2)cnc1SCC(=O)Nc1ccc(N(C)C)cc1. The molecule has 1 N–H and O–H groups in total. The Kier molecular flexibility index (Phi) is 6.82. The van der Waals surface area contributed by atoms with E-state index in [1.807, 2.05) is 73.7 Å². The number of anilines is 2. The first kappa shape index (κ1) is 20.8. The van der Waals surface area contributed by atoms with Crippen molar-refractivity contribution in [1.82, 2.24) is 9.55 Å². The number of carbonyl (C=O) groups is 1. The van der Waals surface area contributed by atoms with E-state index >= 15 is 0 Å². The van der Waals surface area contributed by atoms with Gasteiger partial charge in [-0.05, 0) is 55.5 Å². The molecule has 0 unspecified atom stereocenters. The molecule has 0 saturated carbocycles.